The predicted molar refractivity (Wildman–Crippen MR) is 81.9 cm³/mol. The van der Waals surface area contributed by atoms with Gasteiger partial charge in [-0.05, 0) is 36.9 Å². The predicted octanol–water partition coefficient (Wildman–Crippen LogP) is 2.37. The van der Waals surface area contributed by atoms with E-state index >= 15 is 0 Å². The number of fused-ring (bicyclic) bond motifs is 1. The number of aryl methyl sites for hydroxylation is 2. The minimum Gasteiger partial charge on any atom is -0.361 e. The molecule has 0 saturated carbocycles. The van der Waals surface area contributed by atoms with E-state index in [2.05, 4.69) is 20.5 Å². The van der Waals surface area contributed by atoms with Gasteiger partial charge in [-0.25, -0.2) is 0 Å². The number of hydrogen-bond acceptors (Lipinski definition) is 2. The minimum atomic E-state index is 0.0147. The Labute approximate surface area is 122 Å². The van der Waals surface area contributed by atoms with Gasteiger partial charge in [0.1, 0.15) is 0 Å². The highest BCUT2D eigenvalue weighted by Crippen LogP contribution is 2.14. The normalized spacial score (nSPS) is 11.0. The van der Waals surface area contributed by atoms with Gasteiger partial charge in [0, 0.05) is 29.5 Å². The van der Waals surface area contributed by atoms with E-state index in [4.69, 9.17) is 0 Å². The molecule has 0 aliphatic carbocycles. The third kappa shape index (κ3) is 2.81. The first-order valence-electron chi connectivity index (χ1n) is 6.96. The van der Waals surface area contributed by atoms with Gasteiger partial charge in [0.05, 0.1) is 12.1 Å². The Balaban J connectivity index is 1.63. The number of rotatable bonds is 4. The summed E-state index contributed by atoms with van der Waals surface area (Å²) >= 11 is 0. The summed E-state index contributed by atoms with van der Waals surface area (Å²) in [6.07, 6.45) is 2.28. The van der Waals surface area contributed by atoms with Crippen LogP contribution in [0.15, 0.2) is 30.5 Å². The summed E-state index contributed by atoms with van der Waals surface area (Å²) in [5.74, 6) is 0.0147. The van der Waals surface area contributed by atoms with Crippen molar-refractivity contribution in [2.75, 3.05) is 0 Å². The van der Waals surface area contributed by atoms with Crippen LogP contribution < -0.4 is 5.32 Å². The molecule has 0 unspecified atom stereocenters. The zero-order chi connectivity index (χ0) is 14.8. The molecule has 3 rings (SSSR count). The summed E-state index contributed by atoms with van der Waals surface area (Å²) in [7, 11) is 0. The highest BCUT2D eigenvalue weighted by atomic mass is 16.1. The summed E-state index contributed by atoms with van der Waals surface area (Å²) in [6, 6.07) is 8.05. The van der Waals surface area contributed by atoms with Gasteiger partial charge in [-0.3, -0.25) is 9.89 Å². The Hall–Kier alpha value is -2.56. The second-order valence-corrected chi connectivity index (χ2v) is 5.27. The lowest BCUT2D eigenvalue weighted by molar-refractivity contribution is -0.120. The van der Waals surface area contributed by atoms with E-state index in [1.807, 2.05) is 44.3 Å². The number of benzene rings is 1. The van der Waals surface area contributed by atoms with Crippen molar-refractivity contribution in [1.82, 2.24) is 20.5 Å². The van der Waals surface area contributed by atoms with E-state index in [1.54, 1.807) is 0 Å². The van der Waals surface area contributed by atoms with Crippen LogP contribution in [0, 0.1) is 13.8 Å². The summed E-state index contributed by atoms with van der Waals surface area (Å²) < 4.78 is 0. The van der Waals surface area contributed by atoms with Crippen LogP contribution in [-0.2, 0) is 17.8 Å². The molecule has 0 radical (unpaired) electrons. The van der Waals surface area contributed by atoms with Gasteiger partial charge in [0.25, 0.3) is 0 Å². The highest BCUT2D eigenvalue weighted by molar-refractivity contribution is 5.83. The third-order valence-electron chi connectivity index (χ3n) is 3.73. The molecule has 108 valence electrons. The Morgan fingerprint density at radius 2 is 2.14 bits per heavy atom. The van der Waals surface area contributed by atoms with Gasteiger partial charge in [-0.15, -0.1) is 0 Å². The number of amides is 1. The number of carbonyl (C=O) groups excluding carboxylic acids is 1. The van der Waals surface area contributed by atoms with Crippen LogP contribution >= 0.6 is 0 Å². The van der Waals surface area contributed by atoms with Gasteiger partial charge in [-0.2, -0.15) is 5.10 Å². The molecule has 0 aliphatic heterocycles. The van der Waals surface area contributed by atoms with E-state index in [1.165, 1.54) is 0 Å². The van der Waals surface area contributed by atoms with Crippen molar-refractivity contribution < 1.29 is 4.79 Å². The largest absolute Gasteiger partial charge is 0.361 e. The van der Waals surface area contributed by atoms with E-state index in [-0.39, 0.29) is 5.91 Å². The van der Waals surface area contributed by atoms with E-state index in [9.17, 15) is 4.79 Å². The fraction of sp³-hybridized carbons (Fsp3) is 0.250. The SMILES string of the molecule is Cc1n[nH]c(C)c1CNC(=O)Cc1ccc2cc[nH]c2c1. The molecule has 0 bridgehead atoms. The molecule has 5 nitrogen and oxygen atoms in total. The van der Waals surface area contributed by atoms with Crippen molar-refractivity contribution in [2.24, 2.45) is 0 Å². The maximum Gasteiger partial charge on any atom is 0.224 e. The van der Waals surface area contributed by atoms with E-state index in [0.717, 1.165) is 33.4 Å². The standard InChI is InChI=1S/C16H18N4O/c1-10-14(11(2)20-19-10)9-18-16(21)8-12-3-4-13-5-6-17-15(13)7-12/h3-7,17H,8-9H2,1-2H3,(H,18,21)(H,19,20). The Bertz CT molecular complexity index is 765. The number of aromatic nitrogens is 3. The molecule has 0 spiro atoms. The van der Waals surface area contributed by atoms with E-state index in [0.29, 0.717) is 13.0 Å². The van der Waals surface area contributed by atoms with Gasteiger partial charge >= 0.3 is 0 Å². The van der Waals surface area contributed by atoms with Crippen LogP contribution in [0.4, 0.5) is 0 Å². The van der Waals surface area contributed by atoms with Crippen molar-refractivity contribution in [2.45, 2.75) is 26.8 Å². The quantitative estimate of drug-likeness (QED) is 0.687. The van der Waals surface area contributed by atoms with Gasteiger partial charge in [-0.1, -0.05) is 12.1 Å². The Morgan fingerprint density at radius 3 is 2.90 bits per heavy atom. The number of nitrogens with zero attached hydrogens (tertiary/aromatic N) is 1. The first-order valence-corrected chi connectivity index (χ1v) is 6.96. The monoisotopic (exact) mass is 282 g/mol. The second kappa shape index (κ2) is 5.44. The molecular weight excluding hydrogens is 264 g/mol. The maximum absolute atomic E-state index is 12.1. The van der Waals surface area contributed by atoms with Crippen molar-refractivity contribution in [3.63, 3.8) is 0 Å². The summed E-state index contributed by atoms with van der Waals surface area (Å²) in [4.78, 5) is 15.2. The molecule has 0 aliphatic rings. The minimum absolute atomic E-state index is 0.0147. The molecule has 3 N–H and O–H groups in total. The van der Waals surface area contributed by atoms with E-state index < -0.39 is 0 Å². The average Bonchev–Trinajstić information content (AvgIpc) is 3.04. The number of H-pyrrole nitrogens is 2. The molecule has 21 heavy (non-hydrogen) atoms. The first-order chi connectivity index (χ1) is 10.1. The van der Waals surface area contributed by atoms with Crippen molar-refractivity contribution in [3.8, 4) is 0 Å². The molecular formula is C16H18N4O. The Morgan fingerprint density at radius 1 is 1.29 bits per heavy atom. The second-order valence-electron chi connectivity index (χ2n) is 5.27. The summed E-state index contributed by atoms with van der Waals surface area (Å²) in [5.41, 5.74) is 5.05. The average molecular weight is 282 g/mol. The number of aromatic amines is 2. The number of hydrogen-bond donors (Lipinski definition) is 3. The molecule has 2 heterocycles. The molecule has 0 atom stereocenters. The smallest absolute Gasteiger partial charge is 0.224 e. The van der Waals surface area contributed by atoms with Gasteiger partial charge in [0.2, 0.25) is 5.91 Å². The van der Waals surface area contributed by atoms with Crippen molar-refractivity contribution in [3.05, 3.63) is 53.0 Å². The molecule has 1 aromatic carbocycles. The lowest BCUT2D eigenvalue weighted by atomic mass is 10.1. The van der Waals surface area contributed by atoms with Crippen LogP contribution in [0.2, 0.25) is 0 Å². The zero-order valence-corrected chi connectivity index (χ0v) is 12.2. The van der Waals surface area contributed by atoms with Crippen molar-refractivity contribution in [1.29, 1.82) is 0 Å². The van der Waals surface area contributed by atoms with Crippen LogP contribution in [0.5, 0.6) is 0 Å². The van der Waals surface area contributed by atoms with Crippen LogP contribution in [0.25, 0.3) is 10.9 Å². The number of nitrogens with one attached hydrogen (secondary N) is 3. The number of carbonyl (C=O) groups is 1. The molecule has 0 saturated heterocycles. The highest BCUT2D eigenvalue weighted by Gasteiger charge is 2.09. The lowest BCUT2D eigenvalue weighted by Crippen LogP contribution is -2.25. The van der Waals surface area contributed by atoms with Gasteiger partial charge in [0.15, 0.2) is 0 Å². The van der Waals surface area contributed by atoms with Crippen LogP contribution in [0.1, 0.15) is 22.5 Å². The maximum atomic E-state index is 12.1. The fourth-order valence-corrected chi connectivity index (χ4v) is 2.47. The molecule has 5 heteroatoms. The van der Waals surface area contributed by atoms with Gasteiger partial charge < -0.3 is 10.3 Å². The topological polar surface area (TPSA) is 73.6 Å². The van der Waals surface area contributed by atoms with Crippen LogP contribution in [0.3, 0.4) is 0 Å². The van der Waals surface area contributed by atoms with Crippen LogP contribution in [-0.4, -0.2) is 21.1 Å². The lowest BCUT2D eigenvalue weighted by Gasteiger charge is -2.06. The van der Waals surface area contributed by atoms with Crippen molar-refractivity contribution >= 4 is 16.8 Å². The Kier molecular flexibility index (Phi) is 3.48. The first kappa shape index (κ1) is 13.4. The molecule has 0 fully saturated rings. The summed E-state index contributed by atoms with van der Waals surface area (Å²) in [6.45, 7) is 4.41. The fourth-order valence-electron chi connectivity index (χ4n) is 2.47. The molecule has 3 aromatic rings. The zero-order valence-electron chi connectivity index (χ0n) is 12.2. The summed E-state index contributed by atoms with van der Waals surface area (Å²) in [5, 5.41) is 11.2. The third-order valence-corrected chi connectivity index (χ3v) is 3.73. The molecule has 2 aromatic heterocycles. The molecule has 1 amide bonds.